The van der Waals surface area contributed by atoms with Crippen LogP contribution >= 0.6 is 0 Å². The van der Waals surface area contributed by atoms with E-state index in [0.717, 1.165) is 12.0 Å². The average Bonchev–Trinajstić information content (AvgIpc) is 2.98. The Labute approximate surface area is 128 Å². The van der Waals surface area contributed by atoms with Gasteiger partial charge in [0.15, 0.2) is 0 Å². The Bertz CT molecular complexity index is 451. The minimum absolute atomic E-state index is 0.350. The number of hydrogen-bond donors (Lipinski definition) is 1. The summed E-state index contributed by atoms with van der Waals surface area (Å²) in [5.41, 5.74) is 7.47. The number of fused-ring (bicyclic) bond motifs is 1. The molecule has 3 rings (SSSR count). The second-order valence-electron chi connectivity index (χ2n) is 7.09. The van der Waals surface area contributed by atoms with Gasteiger partial charge in [-0.25, -0.2) is 0 Å². The largest absolute Gasteiger partial charge is 0.329 e. The Balaban J connectivity index is 1.80. The van der Waals surface area contributed by atoms with E-state index in [2.05, 4.69) is 34.7 Å². The third kappa shape index (κ3) is 3.02. The van der Waals surface area contributed by atoms with Gasteiger partial charge < -0.3 is 5.73 Å². The predicted octanol–water partition coefficient (Wildman–Crippen LogP) is 3.12. The smallest absolute Gasteiger partial charge is 0.0538 e. The molecule has 21 heavy (non-hydrogen) atoms. The lowest BCUT2D eigenvalue weighted by atomic mass is 9.77. The SMILES string of the molecule is CC(C)n1cc(C(CN)N2CCC[C@H]3CCCC[C@H]32)cn1. The molecule has 2 N–H and O–H groups in total. The van der Waals surface area contributed by atoms with Crippen molar-refractivity contribution >= 4 is 0 Å². The van der Waals surface area contributed by atoms with E-state index in [0.29, 0.717) is 18.6 Å². The Morgan fingerprint density at radius 1 is 1.24 bits per heavy atom. The van der Waals surface area contributed by atoms with Gasteiger partial charge in [0.25, 0.3) is 0 Å². The zero-order valence-corrected chi connectivity index (χ0v) is 13.5. The fourth-order valence-corrected chi connectivity index (χ4v) is 4.32. The minimum Gasteiger partial charge on any atom is -0.329 e. The number of nitrogens with zero attached hydrogens (tertiary/aromatic N) is 3. The first-order valence-electron chi connectivity index (χ1n) is 8.70. The van der Waals surface area contributed by atoms with Crippen LogP contribution in [0.1, 0.15) is 70.0 Å². The molecule has 0 bridgehead atoms. The Kier molecular flexibility index (Phi) is 4.65. The monoisotopic (exact) mass is 290 g/mol. The van der Waals surface area contributed by atoms with E-state index in [1.54, 1.807) is 0 Å². The van der Waals surface area contributed by atoms with Crippen molar-refractivity contribution in [1.29, 1.82) is 0 Å². The van der Waals surface area contributed by atoms with Crippen LogP contribution in [0.25, 0.3) is 0 Å². The van der Waals surface area contributed by atoms with E-state index in [4.69, 9.17) is 5.73 Å². The van der Waals surface area contributed by atoms with Gasteiger partial charge in [0.2, 0.25) is 0 Å². The molecule has 3 atom stereocenters. The molecule has 1 aromatic rings. The third-order valence-corrected chi connectivity index (χ3v) is 5.45. The first kappa shape index (κ1) is 15.0. The second kappa shape index (κ2) is 6.49. The number of hydrogen-bond acceptors (Lipinski definition) is 3. The topological polar surface area (TPSA) is 47.1 Å². The maximum atomic E-state index is 6.16. The molecule has 1 aromatic heterocycles. The van der Waals surface area contributed by atoms with Gasteiger partial charge in [0.05, 0.1) is 12.2 Å². The van der Waals surface area contributed by atoms with E-state index in [1.165, 1.54) is 50.6 Å². The van der Waals surface area contributed by atoms with Gasteiger partial charge in [0, 0.05) is 30.4 Å². The highest BCUT2D eigenvalue weighted by Gasteiger charge is 2.37. The van der Waals surface area contributed by atoms with Crippen molar-refractivity contribution in [2.24, 2.45) is 11.7 Å². The molecule has 0 amide bonds. The van der Waals surface area contributed by atoms with Gasteiger partial charge in [-0.3, -0.25) is 9.58 Å². The average molecular weight is 290 g/mol. The molecule has 0 aromatic carbocycles. The zero-order valence-electron chi connectivity index (χ0n) is 13.5. The quantitative estimate of drug-likeness (QED) is 0.927. The lowest BCUT2D eigenvalue weighted by Crippen LogP contribution is -2.49. The van der Waals surface area contributed by atoms with E-state index in [1.807, 2.05) is 6.20 Å². The summed E-state index contributed by atoms with van der Waals surface area (Å²) in [7, 11) is 0. The summed E-state index contributed by atoms with van der Waals surface area (Å²) in [6, 6.07) is 1.52. The number of likely N-dealkylation sites (tertiary alicyclic amines) is 1. The van der Waals surface area contributed by atoms with Crippen LogP contribution in [0.4, 0.5) is 0 Å². The van der Waals surface area contributed by atoms with Crippen LogP contribution < -0.4 is 5.73 Å². The highest BCUT2D eigenvalue weighted by atomic mass is 15.3. The van der Waals surface area contributed by atoms with Crippen LogP contribution in [0.15, 0.2) is 12.4 Å². The van der Waals surface area contributed by atoms with Crippen LogP contribution in [0.5, 0.6) is 0 Å². The van der Waals surface area contributed by atoms with Crippen LogP contribution in [0.2, 0.25) is 0 Å². The van der Waals surface area contributed by atoms with Crippen LogP contribution in [0.3, 0.4) is 0 Å². The molecular weight excluding hydrogens is 260 g/mol. The highest BCUT2D eigenvalue weighted by molar-refractivity contribution is 5.13. The summed E-state index contributed by atoms with van der Waals surface area (Å²) in [5, 5.41) is 4.52. The Hall–Kier alpha value is -0.870. The van der Waals surface area contributed by atoms with Gasteiger partial charge in [-0.05, 0) is 52.0 Å². The zero-order chi connectivity index (χ0) is 14.8. The predicted molar refractivity (Wildman–Crippen MR) is 86.1 cm³/mol. The summed E-state index contributed by atoms with van der Waals surface area (Å²) in [6.45, 7) is 6.25. The van der Waals surface area contributed by atoms with Gasteiger partial charge in [-0.1, -0.05) is 12.8 Å². The lowest BCUT2D eigenvalue weighted by Gasteiger charge is -2.47. The third-order valence-electron chi connectivity index (χ3n) is 5.45. The van der Waals surface area contributed by atoms with E-state index in [9.17, 15) is 0 Å². The molecule has 0 spiro atoms. The molecule has 2 aliphatic rings. The van der Waals surface area contributed by atoms with Crippen molar-refractivity contribution in [3.8, 4) is 0 Å². The molecule has 2 heterocycles. The van der Waals surface area contributed by atoms with Crippen molar-refractivity contribution in [2.45, 2.75) is 70.5 Å². The first-order chi connectivity index (χ1) is 10.2. The van der Waals surface area contributed by atoms with Crippen molar-refractivity contribution < 1.29 is 0 Å². The van der Waals surface area contributed by atoms with Crippen LogP contribution in [-0.2, 0) is 0 Å². The van der Waals surface area contributed by atoms with E-state index >= 15 is 0 Å². The lowest BCUT2D eigenvalue weighted by molar-refractivity contribution is 0.0276. The molecule has 4 heteroatoms. The molecule has 1 unspecified atom stereocenters. The van der Waals surface area contributed by atoms with Crippen molar-refractivity contribution in [3.63, 3.8) is 0 Å². The fourth-order valence-electron chi connectivity index (χ4n) is 4.32. The highest BCUT2D eigenvalue weighted by Crippen LogP contribution is 2.39. The minimum atomic E-state index is 0.350. The van der Waals surface area contributed by atoms with E-state index < -0.39 is 0 Å². The Morgan fingerprint density at radius 2 is 2.00 bits per heavy atom. The molecular formula is C17H30N4. The van der Waals surface area contributed by atoms with Crippen LogP contribution in [-0.4, -0.2) is 33.8 Å². The van der Waals surface area contributed by atoms with Gasteiger partial charge in [0.1, 0.15) is 0 Å². The van der Waals surface area contributed by atoms with Crippen molar-refractivity contribution in [2.75, 3.05) is 13.1 Å². The van der Waals surface area contributed by atoms with Crippen molar-refractivity contribution in [1.82, 2.24) is 14.7 Å². The molecule has 1 saturated carbocycles. The molecule has 2 fully saturated rings. The second-order valence-corrected chi connectivity index (χ2v) is 7.09. The summed E-state index contributed by atoms with van der Waals surface area (Å²) in [4.78, 5) is 2.70. The molecule has 118 valence electrons. The fraction of sp³-hybridized carbons (Fsp3) is 0.824. The normalized spacial score (nSPS) is 28.6. The number of nitrogens with two attached hydrogens (primary N) is 1. The van der Waals surface area contributed by atoms with E-state index in [-0.39, 0.29) is 0 Å². The number of piperidine rings is 1. The number of aromatic nitrogens is 2. The van der Waals surface area contributed by atoms with Gasteiger partial charge in [-0.2, -0.15) is 5.10 Å². The van der Waals surface area contributed by atoms with Gasteiger partial charge in [-0.15, -0.1) is 0 Å². The van der Waals surface area contributed by atoms with Crippen LogP contribution in [0, 0.1) is 5.92 Å². The summed E-state index contributed by atoms with van der Waals surface area (Å²) in [5.74, 6) is 0.904. The summed E-state index contributed by atoms with van der Waals surface area (Å²) in [6.07, 6.45) is 12.6. The Morgan fingerprint density at radius 3 is 2.71 bits per heavy atom. The molecule has 0 radical (unpaired) electrons. The first-order valence-corrected chi connectivity index (χ1v) is 8.70. The molecule has 1 aliphatic carbocycles. The standard InChI is InChI=1S/C17H30N4/c1-13(2)21-12-15(11-19-21)17(10-18)20-9-5-7-14-6-3-4-8-16(14)20/h11-14,16-17H,3-10,18H2,1-2H3/t14-,16-,17?/m1/s1. The maximum Gasteiger partial charge on any atom is 0.0538 e. The molecule has 1 saturated heterocycles. The van der Waals surface area contributed by atoms with Crippen molar-refractivity contribution in [3.05, 3.63) is 18.0 Å². The maximum absolute atomic E-state index is 6.16. The molecule has 4 nitrogen and oxygen atoms in total. The summed E-state index contributed by atoms with van der Waals surface area (Å²) < 4.78 is 2.06. The van der Waals surface area contributed by atoms with Gasteiger partial charge >= 0.3 is 0 Å². The molecule has 1 aliphatic heterocycles. The number of rotatable bonds is 4. The summed E-state index contributed by atoms with van der Waals surface area (Å²) >= 11 is 0.